The average Bonchev–Trinajstić information content (AvgIpc) is 2.52. The van der Waals surface area contributed by atoms with Crippen molar-refractivity contribution in [3.8, 4) is 0 Å². The van der Waals surface area contributed by atoms with Crippen molar-refractivity contribution < 1.29 is 9.90 Å². The quantitative estimate of drug-likeness (QED) is 0.796. The van der Waals surface area contributed by atoms with E-state index in [4.69, 9.17) is 5.11 Å². The Morgan fingerprint density at radius 3 is 2.86 bits per heavy atom. The van der Waals surface area contributed by atoms with Crippen LogP contribution in [0.3, 0.4) is 0 Å². The molecule has 0 atom stereocenters. The third kappa shape index (κ3) is 3.29. The largest absolute Gasteiger partial charge is 0.480 e. The van der Waals surface area contributed by atoms with Gasteiger partial charge in [0.25, 0.3) is 0 Å². The van der Waals surface area contributed by atoms with E-state index in [9.17, 15) is 4.79 Å². The monoisotopic (exact) mass is 215 g/mol. The Morgan fingerprint density at radius 1 is 1.71 bits per heavy atom. The first-order valence-electron chi connectivity index (χ1n) is 4.33. The van der Waals surface area contributed by atoms with Crippen LogP contribution in [0.1, 0.15) is 13.8 Å². The van der Waals surface area contributed by atoms with Gasteiger partial charge in [0.05, 0.1) is 0 Å². The lowest BCUT2D eigenvalue weighted by atomic mass is 10.2. The van der Waals surface area contributed by atoms with E-state index in [-0.39, 0.29) is 6.54 Å². The molecule has 1 N–H and O–H groups in total. The molecule has 78 valence electrons. The second-order valence-corrected chi connectivity index (χ2v) is 4.15. The molecule has 14 heavy (non-hydrogen) atoms. The van der Waals surface area contributed by atoms with E-state index in [0.717, 1.165) is 0 Å². The Hall–Kier alpha value is -1.17. The fourth-order valence-corrected chi connectivity index (χ4v) is 1.66. The van der Waals surface area contributed by atoms with E-state index in [1.807, 2.05) is 13.8 Å². The van der Waals surface area contributed by atoms with Gasteiger partial charge in [0.1, 0.15) is 12.9 Å². The number of rotatable bonds is 5. The van der Waals surface area contributed by atoms with Gasteiger partial charge in [0.2, 0.25) is 5.13 Å². The molecule has 0 saturated heterocycles. The maximum Gasteiger partial charge on any atom is 0.323 e. The Morgan fingerprint density at radius 2 is 2.43 bits per heavy atom. The van der Waals surface area contributed by atoms with Crippen LogP contribution in [0.15, 0.2) is 6.33 Å². The van der Waals surface area contributed by atoms with Crippen molar-refractivity contribution in [3.05, 3.63) is 6.33 Å². The highest BCUT2D eigenvalue weighted by Gasteiger charge is 2.14. The molecule has 0 aliphatic carbocycles. The molecule has 0 radical (unpaired) electrons. The van der Waals surface area contributed by atoms with Crippen molar-refractivity contribution >= 4 is 22.6 Å². The van der Waals surface area contributed by atoms with Gasteiger partial charge in [-0.05, 0) is 5.92 Å². The van der Waals surface area contributed by atoms with E-state index in [1.54, 1.807) is 4.90 Å². The highest BCUT2D eigenvalue weighted by atomic mass is 32.1. The fourth-order valence-electron chi connectivity index (χ4n) is 1.12. The Kier molecular flexibility index (Phi) is 3.82. The second kappa shape index (κ2) is 4.90. The SMILES string of the molecule is CC(C)CN(CC(=O)O)c1ncns1. The molecule has 1 heterocycles. The van der Waals surface area contributed by atoms with Crippen molar-refractivity contribution in [2.24, 2.45) is 5.92 Å². The summed E-state index contributed by atoms with van der Waals surface area (Å²) in [5, 5.41) is 9.38. The maximum absolute atomic E-state index is 10.6. The van der Waals surface area contributed by atoms with Gasteiger partial charge in [-0.2, -0.15) is 4.37 Å². The third-order valence-electron chi connectivity index (χ3n) is 1.53. The molecule has 1 rings (SSSR count). The summed E-state index contributed by atoms with van der Waals surface area (Å²) in [6.07, 6.45) is 1.44. The Balaban J connectivity index is 2.67. The summed E-state index contributed by atoms with van der Waals surface area (Å²) >= 11 is 1.22. The summed E-state index contributed by atoms with van der Waals surface area (Å²) in [4.78, 5) is 16.3. The highest BCUT2D eigenvalue weighted by Crippen LogP contribution is 2.15. The molecule has 5 nitrogen and oxygen atoms in total. The predicted octanol–water partition coefficient (Wildman–Crippen LogP) is 1.09. The molecule has 0 aromatic carbocycles. The number of nitrogens with zero attached hydrogens (tertiary/aromatic N) is 3. The molecule has 0 unspecified atom stereocenters. The zero-order valence-electron chi connectivity index (χ0n) is 8.17. The molecule has 1 aromatic rings. The first-order chi connectivity index (χ1) is 6.59. The van der Waals surface area contributed by atoms with Crippen LogP contribution in [-0.4, -0.2) is 33.5 Å². The van der Waals surface area contributed by atoms with Crippen LogP contribution >= 0.6 is 11.5 Å². The van der Waals surface area contributed by atoms with Crippen LogP contribution < -0.4 is 4.90 Å². The number of carboxylic acid groups (broad SMARTS) is 1. The lowest BCUT2D eigenvalue weighted by Crippen LogP contribution is -2.32. The lowest BCUT2D eigenvalue weighted by Gasteiger charge is -2.20. The van der Waals surface area contributed by atoms with Crippen LogP contribution in [-0.2, 0) is 4.79 Å². The molecule has 6 heteroatoms. The van der Waals surface area contributed by atoms with Gasteiger partial charge < -0.3 is 10.0 Å². The van der Waals surface area contributed by atoms with Crippen molar-refractivity contribution in [2.75, 3.05) is 18.0 Å². The number of anilines is 1. The molecular weight excluding hydrogens is 202 g/mol. The first kappa shape index (κ1) is 10.9. The van der Waals surface area contributed by atoms with E-state index in [2.05, 4.69) is 9.36 Å². The predicted molar refractivity (Wildman–Crippen MR) is 54.6 cm³/mol. The zero-order chi connectivity index (χ0) is 10.6. The van der Waals surface area contributed by atoms with Gasteiger partial charge >= 0.3 is 5.97 Å². The van der Waals surface area contributed by atoms with Gasteiger partial charge in [-0.1, -0.05) is 13.8 Å². The van der Waals surface area contributed by atoms with E-state index in [0.29, 0.717) is 17.6 Å². The minimum absolute atomic E-state index is 0.0205. The van der Waals surface area contributed by atoms with Crippen molar-refractivity contribution in [2.45, 2.75) is 13.8 Å². The van der Waals surface area contributed by atoms with Gasteiger partial charge in [-0.3, -0.25) is 4.79 Å². The molecule has 0 bridgehead atoms. The van der Waals surface area contributed by atoms with Crippen LogP contribution in [0.25, 0.3) is 0 Å². The molecule has 0 aliphatic rings. The number of aromatic nitrogens is 2. The summed E-state index contributed by atoms with van der Waals surface area (Å²) in [5.74, 6) is -0.445. The highest BCUT2D eigenvalue weighted by molar-refractivity contribution is 7.09. The minimum atomic E-state index is -0.846. The number of carboxylic acids is 1. The van der Waals surface area contributed by atoms with Crippen LogP contribution in [0.2, 0.25) is 0 Å². The molecule has 1 aromatic heterocycles. The number of hydrogen-bond acceptors (Lipinski definition) is 5. The van der Waals surface area contributed by atoms with Crippen molar-refractivity contribution in [3.63, 3.8) is 0 Å². The average molecular weight is 215 g/mol. The minimum Gasteiger partial charge on any atom is -0.480 e. The molecule has 0 saturated carbocycles. The van der Waals surface area contributed by atoms with Crippen molar-refractivity contribution in [1.29, 1.82) is 0 Å². The zero-order valence-corrected chi connectivity index (χ0v) is 8.99. The molecular formula is C8H13N3O2S. The van der Waals surface area contributed by atoms with Crippen molar-refractivity contribution in [1.82, 2.24) is 9.36 Å². The van der Waals surface area contributed by atoms with Gasteiger partial charge in [0, 0.05) is 18.1 Å². The Bertz CT molecular complexity index is 287. The smallest absolute Gasteiger partial charge is 0.323 e. The number of aliphatic carboxylic acids is 1. The molecule has 0 amide bonds. The van der Waals surface area contributed by atoms with Crippen LogP contribution in [0, 0.1) is 5.92 Å². The topological polar surface area (TPSA) is 66.3 Å². The van der Waals surface area contributed by atoms with E-state index < -0.39 is 5.97 Å². The molecule has 0 aliphatic heterocycles. The lowest BCUT2D eigenvalue weighted by molar-refractivity contribution is -0.135. The summed E-state index contributed by atoms with van der Waals surface area (Å²) in [5.41, 5.74) is 0. The summed E-state index contributed by atoms with van der Waals surface area (Å²) < 4.78 is 3.85. The summed E-state index contributed by atoms with van der Waals surface area (Å²) in [6.45, 7) is 4.74. The standard InChI is InChI=1S/C8H13N3O2S/c1-6(2)3-11(4-7(12)13)8-9-5-10-14-8/h5-6H,3-4H2,1-2H3,(H,12,13). The maximum atomic E-state index is 10.6. The van der Waals surface area contributed by atoms with E-state index >= 15 is 0 Å². The second-order valence-electron chi connectivity index (χ2n) is 3.39. The number of hydrogen-bond donors (Lipinski definition) is 1. The molecule has 0 spiro atoms. The van der Waals surface area contributed by atoms with Crippen LogP contribution in [0.5, 0.6) is 0 Å². The Labute approximate surface area is 86.6 Å². The van der Waals surface area contributed by atoms with Gasteiger partial charge in [0.15, 0.2) is 0 Å². The summed E-state index contributed by atoms with van der Waals surface area (Å²) in [6, 6.07) is 0. The molecule has 0 fully saturated rings. The fraction of sp³-hybridized carbons (Fsp3) is 0.625. The van der Waals surface area contributed by atoms with E-state index in [1.165, 1.54) is 17.9 Å². The number of carbonyl (C=O) groups is 1. The third-order valence-corrected chi connectivity index (χ3v) is 2.26. The summed E-state index contributed by atoms with van der Waals surface area (Å²) in [7, 11) is 0. The normalized spacial score (nSPS) is 10.5. The van der Waals surface area contributed by atoms with Gasteiger partial charge in [-0.25, -0.2) is 4.98 Å². The van der Waals surface area contributed by atoms with Gasteiger partial charge in [-0.15, -0.1) is 0 Å². The van der Waals surface area contributed by atoms with Crippen LogP contribution in [0.4, 0.5) is 5.13 Å². The first-order valence-corrected chi connectivity index (χ1v) is 5.10.